The second-order valence-corrected chi connectivity index (χ2v) is 6.68. The number of amides is 1. The first-order valence-corrected chi connectivity index (χ1v) is 9.41. The minimum absolute atomic E-state index is 0.0495. The van der Waals surface area contributed by atoms with Gasteiger partial charge in [-0.05, 0) is 37.6 Å². The van der Waals surface area contributed by atoms with Gasteiger partial charge in [-0.25, -0.2) is 0 Å². The lowest BCUT2D eigenvalue weighted by Gasteiger charge is -2.15. The maximum Gasteiger partial charge on any atom is 0.223 e. The van der Waals surface area contributed by atoms with Gasteiger partial charge in [0.05, 0.1) is 13.2 Å². The van der Waals surface area contributed by atoms with E-state index in [1.165, 1.54) is 0 Å². The van der Waals surface area contributed by atoms with E-state index >= 15 is 0 Å². The van der Waals surface area contributed by atoms with Crippen LogP contribution in [-0.4, -0.2) is 35.4 Å². The van der Waals surface area contributed by atoms with E-state index in [0.717, 1.165) is 25.0 Å². The average Bonchev–Trinajstić information content (AvgIpc) is 3.08. The van der Waals surface area contributed by atoms with Gasteiger partial charge in [0, 0.05) is 31.5 Å². The number of aromatic nitrogens is 1. The van der Waals surface area contributed by atoms with Crippen LogP contribution in [0.1, 0.15) is 60.8 Å². The molecule has 0 saturated carbocycles. The molecule has 0 atom stereocenters. The van der Waals surface area contributed by atoms with Crippen LogP contribution in [0.2, 0.25) is 0 Å². The lowest BCUT2D eigenvalue weighted by molar-refractivity contribution is -0.130. The second kappa shape index (κ2) is 10.5. The molecular formula is C21H28N2O4. The predicted molar refractivity (Wildman–Crippen MR) is 103 cm³/mol. The number of ketones is 1. The summed E-state index contributed by atoms with van der Waals surface area (Å²) < 4.78 is 10.6. The van der Waals surface area contributed by atoms with Crippen LogP contribution in [-0.2, 0) is 11.3 Å². The van der Waals surface area contributed by atoms with Crippen molar-refractivity contribution < 1.29 is 18.8 Å². The number of hydrogen-bond donors (Lipinski definition) is 0. The first-order chi connectivity index (χ1) is 13.0. The van der Waals surface area contributed by atoms with E-state index in [4.69, 9.17) is 9.26 Å². The largest absolute Gasteiger partial charge is 0.494 e. The van der Waals surface area contributed by atoms with Gasteiger partial charge in [-0.2, -0.15) is 0 Å². The van der Waals surface area contributed by atoms with Gasteiger partial charge < -0.3 is 14.2 Å². The summed E-state index contributed by atoms with van der Waals surface area (Å²) in [6.45, 7) is 5.01. The van der Waals surface area contributed by atoms with Crippen LogP contribution in [0.25, 0.3) is 0 Å². The first kappa shape index (κ1) is 20.7. The highest BCUT2D eigenvalue weighted by Crippen LogP contribution is 2.15. The van der Waals surface area contributed by atoms with E-state index in [2.05, 4.69) is 12.1 Å². The van der Waals surface area contributed by atoms with Gasteiger partial charge in [-0.15, -0.1) is 0 Å². The van der Waals surface area contributed by atoms with Crippen LogP contribution in [0.4, 0.5) is 0 Å². The molecule has 1 aromatic carbocycles. The molecule has 146 valence electrons. The summed E-state index contributed by atoms with van der Waals surface area (Å²) in [6, 6.07) is 8.91. The number of ether oxygens (including phenoxy) is 1. The highest BCUT2D eigenvalue weighted by atomic mass is 16.5. The number of aryl methyl sites for hydroxylation is 1. The molecule has 0 radical (unpaired) electrons. The Morgan fingerprint density at radius 3 is 2.52 bits per heavy atom. The number of benzene rings is 1. The Kier molecular flexibility index (Phi) is 8.04. The Morgan fingerprint density at radius 2 is 1.89 bits per heavy atom. The molecule has 2 rings (SSSR count). The number of unbranched alkanes of at least 4 members (excludes halogenated alkanes) is 2. The van der Waals surface area contributed by atoms with Crippen LogP contribution in [0.3, 0.4) is 0 Å². The van der Waals surface area contributed by atoms with Gasteiger partial charge >= 0.3 is 0 Å². The van der Waals surface area contributed by atoms with Crippen molar-refractivity contribution in [2.75, 3.05) is 13.7 Å². The number of carbonyl (C=O) groups excluding carboxylic acids is 2. The molecule has 0 aliphatic carbocycles. The number of carbonyl (C=O) groups is 2. The van der Waals surface area contributed by atoms with Gasteiger partial charge in [0.1, 0.15) is 17.2 Å². The van der Waals surface area contributed by atoms with E-state index in [-0.39, 0.29) is 24.5 Å². The third kappa shape index (κ3) is 6.89. The summed E-state index contributed by atoms with van der Waals surface area (Å²) >= 11 is 0. The standard InChI is InChI=1S/C21H28N2O4/c1-4-5-6-13-26-19-9-7-17(8-10-19)20(24)11-12-21(25)23(3)15-18-14-16(2)27-22-18/h7-10,14H,4-6,11-13,15H2,1-3H3. The van der Waals surface area contributed by atoms with E-state index in [0.29, 0.717) is 30.2 Å². The Morgan fingerprint density at radius 1 is 1.15 bits per heavy atom. The summed E-state index contributed by atoms with van der Waals surface area (Å²) in [6.07, 6.45) is 3.68. The second-order valence-electron chi connectivity index (χ2n) is 6.68. The van der Waals surface area contributed by atoms with E-state index < -0.39 is 0 Å². The Bertz CT molecular complexity index is 737. The van der Waals surface area contributed by atoms with E-state index in [1.54, 1.807) is 49.2 Å². The van der Waals surface area contributed by atoms with Crippen molar-refractivity contribution in [3.63, 3.8) is 0 Å². The minimum Gasteiger partial charge on any atom is -0.494 e. The van der Waals surface area contributed by atoms with Crippen LogP contribution in [0.15, 0.2) is 34.9 Å². The van der Waals surface area contributed by atoms with Crippen LogP contribution >= 0.6 is 0 Å². The summed E-state index contributed by atoms with van der Waals surface area (Å²) in [5, 5.41) is 3.87. The number of Topliss-reactive ketones (excluding diaryl/α,β-unsaturated/α-hetero) is 1. The molecule has 0 aliphatic heterocycles. The highest BCUT2D eigenvalue weighted by molar-refractivity contribution is 5.98. The Labute approximate surface area is 160 Å². The molecule has 0 fully saturated rings. The zero-order valence-electron chi connectivity index (χ0n) is 16.4. The molecule has 2 aromatic rings. The molecule has 6 nitrogen and oxygen atoms in total. The van der Waals surface area contributed by atoms with Gasteiger partial charge in [0.2, 0.25) is 5.91 Å². The van der Waals surface area contributed by atoms with Crippen molar-refractivity contribution >= 4 is 11.7 Å². The quantitative estimate of drug-likeness (QED) is 0.437. The highest BCUT2D eigenvalue weighted by Gasteiger charge is 2.14. The summed E-state index contributed by atoms with van der Waals surface area (Å²) in [5.74, 6) is 1.33. The third-order valence-corrected chi connectivity index (χ3v) is 4.26. The maximum atomic E-state index is 12.3. The van der Waals surface area contributed by atoms with Crippen molar-refractivity contribution in [2.24, 2.45) is 0 Å². The van der Waals surface area contributed by atoms with Crippen LogP contribution in [0, 0.1) is 6.92 Å². The minimum atomic E-state index is -0.0973. The zero-order chi connectivity index (χ0) is 19.6. The van der Waals surface area contributed by atoms with Gasteiger partial charge in [-0.1, -0.05) is 24.9 Å². The molecule has 0 spiro atoms. The van der Waals surface area contributed by atoms with Crippen molar-refractivity contribution in [3.8, 4) is 5.75 Å². The molecule has 0 N–H and O–H groups in total. The fourth-order valence-electron chi connectivity index (χ4n) is 2.66. The first-order valence-electron chi connectivity index (χ1n) is 9.41. The van der Waals surface area contributed by atoms with Crippen molar-refractivity contribution in [1.29, 1.82) is 0 Å². The van der Waals surface area contributed by atoms with Gasteiger partial charge in [-0.3, -0.25) is 9.59 Å². The smallest absolute Gasteiger partial charge is 0.223 e. The molecule has 1 aromatic heterocycles. The summed E-state index contributed by atoms with van der Waals surface area (Å²) in [4.78, 5) is 26.1. The van der Waals surface area contributed by atoms with Crippen molar-refractivity contribution in [3.05, 3.63) is 47.3 Å². The molecule has 0 bridgehead atoms. The maximum absolute atomic E-state index is 12.3. The fourth-order valence-corrected chi connectivity index (χ4v) is 2.66. The molecule has 6 heteroatoms. The number of nitrogens with zero attached hydrogens (tertiary/aromatic N) is 2. The average molecular weight is 372 g/mol. The van der Waals surface area contributed by atoms with Crippen molar-refractivity contribution in [1.82, 2.24) is 10.1 Å². The molecule has 1 amide bonds. The lowest BCUT2D eigenvalue weighted by Crippen LogP contribution is -2.26. The van der Waals surface area contributed by atoms with Crippen LogP contribution in [0.5, 0.6) is 5.75 Å². The summed E-state index contributed by atoms with van der Waals surface area (Å²) in [7, 11) is 1.70. The van der Waals surface area contributed by atoms with Gasteiger partial charge in [0.25, 0.3) is 0 Å². The number of rotatable bonds is 11. The third-order valence-electron chi connectivity index (χ3n) is 4.26. The summed E-state index contributed by atoms with van der Waals surface area (Å²) in [5.41, 5.74) is 1.29. The lowest BCUT2D eigenvalue weighted by atomic mass is 10.1. The molecule has 0 aliphatic rings. The number of hydrogen-bond acceptors (Lipinski definition) is 5. The molecule has 1 heterocycles. The molecule has 0 saturated heterocycles. The van der Waals surface area contributed by atoms with E-state index in [1.807, 2.05) is 0 Å². The Hall–Kier alpha value is -2.63. The Balaban J connectivity index is 1.76. The fraction of sp³-hybridized carbons (Fsp3) is 0.476. The topological polar surface area (TPSA) is 72.6 Å². The monoisotopic (exact) mass is 372 g/mol. The van der Waals surface area contributed by atoms with Gasteiger partial charge in [0.15, 0.2) is 5.78 Å². The molecule has 27 heavy (non-hydrogen) atoms. The molecule has 0 unspecified atom stereocenters. The normalized spacial score (nSPS) is 10.6. The predicted octanol–water partition coefficient (Wildman–Crippen LogP) is 4.17. The van der Waals surface area contributed by atoms with Crippen LogP contribution < -0.4 is 4.74 Å². The zero-order valence-corrected chi connectivity index (χ0v) is 16.4. The van der Waals surface area contributed by atoms with Crippen molar-refractivity contribution in [2.45, 2.75) is 52.5 Å². The van der Waals surface area contributed by atoms with E-state index in [9.17, 15) is 9.59 Å². The molecular weight excluding hydrogens is 344 g/mol. The SMILES string of the molecule is CCCCCOc1ccc(C(=O)CCC(=O)N(C)Cc2cc(C)on2)cc1.